The van der Waals surface area contributed by atoms with Gasteiger partial charge < -0.3 is 20.1 Å². The molecule has 0 unspecified atom stereocenters. The highest BCUT2D eigenvalue weighted by Crippen LogP contribution is 2.17. The lowest BCUT2D eigenvalue weighted by Gasteiger charge is -2.09. The van der Waals surface area contributed by atoms with E-state index in [1.54, 1.807) is 31.4 Å². The molecule has 0 atom stereocenters. The van der Waals surface area contributed by atoms with E-state index in [1.165, 1.54) is 6.20 Å². The third kappa shape index (κ3) is 5.28. The van der Waals surface area contributed by atoms with Crippen molar-refractivity contribution >= 4 is 11.6 Å². The van der Waals surface area contributed by atoms with Crippen LogP contribution in [0, 0.1) is 11.3 Å². The lowest BCUT2D eigenvalue weighted by atomic mass is 10.2. The van der Waals surface area contributed by atoms with Crippen LogP contribution in [0.2, 0.25) is 0 Å². The summed E-state index contributed by atoms with van der Waals surface area (Å²) < 4.78 is 10.6. The van der Waals surface area contributed by atoms with Gasteiger partial charge >= 0.3 is 0 Å². The maximum atomic E-state index is 12.2. The molecule has 2 rings (SSSR count). The van der Waals surface area contributed by atoms with Crippen molar-refractivity contribution in [3.8, 4) is 17.6 Å². The number of anilines is 1. The second kappa shape index (κ2) is 9.74. The Bertz CT molecular complexity index is 808. The molecule has 134 valence electrons. The molecule has 0 bridgehead atoms. The average Bonchev–Trinajstić information content (AvgIpc) is 2.67. The van der Waals surface area contributed by atoms with Gasteiger partial charge in [0.1, 0.15) is 23.1 Å². The number of nitrogens with zero attached hydrogens (tertiary/aromatic N) is 1. The Kier molecular flexibility index (Phi) is 7.07. The molecule has 0 aliphatic rings. The molecule has 0 saturated carbocycles. The number of hydrogen-bond acceptors (Lipinski definition) is 5. The number of nitrogens with one attached hydrogen (secondary N) is 2. The molecular formula is C20H21N3O3. The maximum Gasteiger partial charge on any atom is 0.267 e. The summed E-state index contributed by atoms with van der Waals surface area (Å²) in [5, 5.41) is 14.9. The van der Waals surface area contributed by atoms with Crippen molar-refractivity contribution in [3.05, 3.63) is 65.9 Å². The largest absolute Gasteiger partial charge is 0.496 e. The second-order valence-electron chi connectivity index (χ2n) is 5.27. The number of carbonyl (C=O) groups is 1. The lowest BCUT2D eigenvalue weighted by Crippen LogP contribution is -2.16. The van der Waals surface area contributed by atoms with Gasteiger partial charge in [-0.2, -0.15) is 5.26 Å². The van der Waals surface area contributed by atoms with E-state index in [1.807, 2.05) is 37.3 Å². The lowest BCUT2D eigenvalue weighted by molar-refractivity contribution is -0.112. The zero-order valence-corrected chi connectivity index (χ0v) is 14.8. The number of nitriles is 1. The normalized spacial score (nSPS) is 10.6. The van der Waals surface area contributed by atoms with Gasteiger partial charge in [0.25, 0.3) is 5.91 Å². The minimum absolute atomic E-state index is 0.0196. The predicted octanol–water partition coefficient (Wildman–Crippen LogP) is 3.23. The first-order valence-electron chi connectivity index (χ1n) is 8.17. The summed E-state index contributed by atoms with van der Waals surface area (Å²) in [6.07, 6.45) is 1.40. The van der Waals surface area contributed by atoms with Crippen molar-refractivity contribution in [2.45, 2.75) is 13.5 Å². The Hall–Kier alpha value is -3.46. The third-order valence-electron chi connectivity index (χ3n) is 3.52. The van der Waals surface area contributed by atoms with E-state index in [0.29, 0.717) is 18.8 Å². The molecule has 0 heterocycles. The van der Waals surface area contributed by atoms with E-state index in [-0.39, 0.29) is 5.57 Å². The summed E-state index contributed by atoms with van der Waals surface area (Å²) in [5.41, 5.74) is 1.49. The topological polar surface area (TPSA) is 83.4 Å². The number of benzene rings is 2. The fraction of sp³-hybridized carbons (Fsp3) is 0.200. The Labute approximate surface area is 153 Å². The van der Waals surface area contributed by atoms with Gasteiger partial charge in [-0.1, -0.05) is 18.2 Å². The molecule has 0 aromatic heterocycles. The van der Waals surface area contributed by atoms with Crippen molar-refractivity contribution in [2.75, 3.05) is 19.0 Å². The molecule has 6 heteroatoms. The molecule has 0 radical (unpaired) electrons. The highest BCUT2D eigenvalue weighted by molar-refractivity contribution is 6.06. The molecule has 2 aromatic rings. The molecular weight excluding hydrogens is 330 g/mol. The van der Waals surface area contributed by atoms with Crippen LogP contribution >= 0.6 is 0 Å². The van der Waals surface area contributed by atoms with Gasteiger partial charge in [0, 0.05) is 24.0 Å². The fourth-order valence-corrected chi connectivity index (χ4v) is 2.26. The number of para-hydroxylation sites is 1. The minimum atomic E-state index is -0.482. The summed E-state index contributed by atoms with van der Waals surface area (Å²) in [7, 11) is 1.60. The first kappa shape index (κ1) is 18.9. The molecule has 0 aliphatic carbocycles. The number of amides is 1. The summed E-state index contributed by atoms with van der Waals surface area (Å²) in [6.45, 7) is 2.91. The number of carbonyl (C=O) groups excluding carboxylic acids is 1. The van der Waals surface area contributed by atoms with Crippen molar-refractivity contribution in [1.29, 1.82) is 5.26 Å². The van der Waals surface area contributed by atoms with Gasteiger partial charge in [0.05, 0.1) is 13.7 Å². The van der Waals surface area contributed by atoms with Crippen LogP contribution in [0.15, 0.2) is 60.3 Å². The third-order valence-corrected chi connectivity index (χ3v) is 3.52. The van der Waals surface area contributed by atoms with E-state index in [0.717, 1.165) is 17.1 Å². The van der Waals surface area contributed by atoms with Gasteiger partial charge in [-0.15, -0.1) is 0 Å². The van der Waals surface area contributed by atoms with Gasteiger partial charge in [-0.05, 0) is 37.3 Å². The molecule has 0 fully saturated rings. The van der Waals surface area contributed by atoms with Crippen molar-refractivity contribution in [1.82, 2.24) is 5.32 Å². The predicted molar refractivity (Wildman–Crippen MR) is 99.8 cm³/mol. The van der Waals surface area contributed by atoms with E-state index >= 15 is 0 Å². The Morgan fingerprint density at radius 3 is 2.58 bits per heavy atom. The van der Waals surface area contributed by atoms with Gasteiger partial charge in [0.2, 0.25) is 0 Å². The number of rotatable bonds is 8. The Morgan fingerprint density at radius 2 is 1.92 bits per heavy atom. The molecule has 0 spiro atoms. The number of ether oxygens (including phenoxy) is 2. The average molecular weight is 351 g/mol. The van der Waals surface area contributed by atoms with Crippen LogP contribution in [-0.2, 0) is 11.3 Å². The van der Waals surface area contributed by atoms with E-state index in [9.17, 15) is 10.1 Å². The van der Waals surface area contributed by atoms with E-state index in [4.69, 9.17) is 9.47 Å². The van der Waals surface area contributed by atoms with Crippen LogP contribution in [0.1, 0.15) is 12.5 Å². The standard InChI is InChI=1S/C20H21N3O3/c1-3-26-18-10-8-17(9-11-18)23-20(24)16(12-21)14-22-13-15-6-4-5-7-19(15)25-2/h4-11,14,22H,3,13H2,1-2H3,(H,23,24)/b16-14-. The summed E-state index contributed by atoms with van der Waals surface area (Å²) in [6, 6.07) is 16.4. The van der Waals surface area contributed by atoms with Crippen molar-refractivity contribution < 1.29 is 14.3 Å². The van der Waals surface area contributed by atoms with Crippen LogP contribution in [0.25, 0.3) is 0 Å². The fourth-order valence-electron chi connectivity index (χ4n) is 2.26. The Balaban J connectivity index is 1.97. The molecule has 2 aromatic carbocycles. The van der Waals surface area contributed by atoms with Crippen molar-refractivity contribution in [3.63, 3.8) is 0 Å². The maximum absolute atomic E-state index is 12.2. The molecule has 2 N–H and O–H groups in total. The SMILES string of the molecule is CCOc1ccc(NC(=O)/C(C#N)=C\NCc2ccccc2OC)cc1. The monoisotopic (exact) mass is 351 g/mol. The van der Waals surface area contributed by atoms with Crippen LogP contribution in [-0.4, -0.2) is 19.6 Å². The number of methoxy groups -OCH3 is 1. The van der Waals surface area contributed by atoms with Gasteiger partial charge in [-0.25, -0.2) is 0 Å². The van der Waals surface area contributed by atoms with Crippen LogP contribution in [0.3, 0.4) is 0 Å². The summed E-state index contributed by atoms with van der Waals surface area (Å²) in [4.78, 5) is 12.2. The number of hydrogen-bond donors (Lipinski definition) is 2. The molecule has 0 aliphatic heterocycles. The van der Waals surface area contributed by atoms with E-state index in [2.05, 4.69) is 10.6 Å². The highest BCUT2D eigenvalue weighted by atomic mass is 16.5. The smallest absolute Gasteiger partial charge is 0.267 e. The van der Waals surface area contributed by atoms with Gasteiger partial charge in [-0.3, -0.25) is 4.79 Å². The minimum Gasteiger partial charge on any atom is -0.496 e. The van der Waals surface area contributed by atoms with Crippen molar-refractivity contribution in [2.24, 2.45) is 0 Å². The van der Waals surface area contributed by atoms with Crippen LogP contribution in [0.4, 0.5) is 5.69 Å². The first-order valence-corrected chi connectivity index (χ1v) is 8.17. The first-order chi connectivity index (χ1) is 12.7. The zero-order chi connectivity index (χ0) is 18.8. The van der Waals surface area contributed by atoms with Gasteiger partial charge in [0.15, 0.2) is 0 Å². The molecule has 1 amide bonds. The van der Waals surface area contributed by atoms with Crippen LogP contribution < -0.4 is 20.1 Å². The molecule has 26 heavy (non-hydrogen) atoms. The quantitative estimate of drug-likeness (QED) is 0.563. The van der Waals surface area contributed by atoms with Crippen LogP contribution in [0.5, 0.6) is 11.5 Å². The Morgan fingerprint density at radius 1 is 1.19 bits per heavy atom. The molecule has 6 nitrogen and oxygen atoms in total. The van der Waals surface area contributed by atoms with E-state index < -0.39 is 5.91 Å². The summed E-state index contributed by atoms with van der Waals surface area (Å²) >= 11 is 0. The summed E-state index contributed by atoms with van der Waals surface area (Å²) in [5.74, 6) is 0.981. The highest BCUT2D eigenvalue weighted by Gasteiger charge is 2.09. The second-order valence-corrected chi connectivity index (χ2v) is 5.27. The molecule has 0 saturated heterocycles. The zero-order valence-electron chi connectivity index (χ0n) is 14.8.